The molecule has 4 nitrogen and oxygen atoms in total. The summed E-state index contributed by atoms with van der Waals surface area (Å²) in [6.07, 6.45) is 0.916. The molecule has 1 aromatic heterocycles. The van der Waals surface area contributed by atoms with Gasteiger partial charge in [-0.1, -0.05) is 42.2 Å². The molecular formula is C14H17Cl2N3O. The van der Waals surface area contributed by atoms with Crippen molar-refractivity contribution in [3.63, 3.8) is 0 Å². The molecule has 0 radical (unpaired) electrons. The largest absolute Gasteiger partial charge is 0.339 e. The Morgan fingerprint density at radius 3 is 2.60 bits per heavy atom. The maximum absolute atomic E-state index is 5.99. The number of hydrogen-bond donors (Lipinski definition) is 1. The lowest BCUT2D eigenvalue weighted by atomic mass is 9.97. The molecule has 2 rings (SSSR count). The van der Waals surface area contributed by atoms with Crippen LogP contribution in [0, 0.1) is 5.92 Å². The highest BCUT2D eigenvalue weighted by atomic mass is 35.5. The maximum atomic E-state index is 5.99. The van der Waals surface area contributed by atoms with Crippen molar-refractivity contribution in [3.8, 4) is 11.4 Å². The van der Waals surface area contributed by atoms with Crippen LogP contribution in [0.15, 0.2) is 22.7 Å². The Morgan fingerprint density at radius 2 is 2.00 bits per heavy atom. The molecule has 6 heteroatoms. The minimum atomic E-state index is 0.0824. The van der Waals surface area contributed by atoms with E-state index in [4.69, 9.17) is 33.5 Å². The van der Waals surface area contributed by atoms with Crippen molar-refractivity contribution in [3.05, 3.63) is 34.1 Å². The van der Waals surface area contributed by atoms with Gasteiger partial charge in [0.2, 0.25) is 11.7 Å². The van der Waals surface area contributed by atoms with Crippen molar-refractivity contribution in [2.24, 2.45) is 11.7 Å². The quantitative estimate of drug-likeness (QED) is 0.901. The molecule has 0 bridgehead atoms. The van der Waals surface area contributed by atoms with E-state index in [1.54, 1.807) is 12.1 Å². The number of nitrogens with two attached hydrogens (primary N) is 1. The molecule has 0 amide bonds. The van der Waals surface area contributed by atoms with Gasteiger partial charge in [0.05, 0.1) is 16.0 Å². The summed E-state index contributed by atoms with van der Waals surface area (Å²) in [6.45, 7) is 4.76. The highest BCUT2D eigenvalue weighted by Gasteiger charge is 2.19. The molecule has 0 spiro atoms. The second-order valence-corrected chi connectivity index (χ2v) is 5.96. The molecule has 0 fully saturated rings. The third kappa shape index (κ3) is 3.51. The molecule has 0 aliphatic rings. The first-order valence-corrected chi connectivity index (χ1v) is 7.26. The van der Waals surface area contributed by atoms with E-state index in [0.29, 0.717) is 34.2 Å². The fourth-order valence-electron chi connectivity index (χ4n) is 2.02. The zero-order chi connectivity index (χ0) is 14.7. The van der Waals surface area contributed by atoms with Crippen LogP contribution in [0.4, 0.5) is 0 Å². The van der Waals surface area contributed by atoms with Gasteiger partial charge >= 0.3 is 0 Å². The van der Waals surface area contributed by atoms with Gasteiger partial charge < -0.3 is 10.3 Å². The first-order chi connectivity index (χ1) is 9.51. The van der Waals surface area contributed by atoms with E-state index in [1.807, 2.05) is 6.07 Å². The fourth-order valence-corrected chi connectivity index (χ4v) is 2.32. The van der Waals surface area contributed by atoms with Crippen LogP contribution in [-0.4, -0.2) is 16.7 Å². The highest BCUT2D eigenvalue weighted by molar-refractivity contribution is 6.42. The van der Waals surface area contributed by atoms with Crippen LogP contribution in [0.2, 0.25) is 10.0 Å². The summed E-state index contributed by atoms with van der Waals surface area (Å²) in [6, 6.07) is 5.24. The number of nitrogens with zero attached hydrogens (tertiary/aromatic N) is 2. The highest BCUT2D eigenvalue weighted by Crippen LogP contribution is 2.28. The molecule has 1 aromatic carbocycles. The van der Waals surface area contributed by atoms with Crippen molar-refractivity contribution in [2.75, 3.05) is 6.54 Å². The Labute approximate surface area is 128 Å². The number of benzene rings is 1. The number of rotatable bonds is 5. The summed E-state index contributed by atoms with van der Waals surface area (Å²) in [7, 11) is 0. The number of hydrogen-bond acceptors (Lipinski definition) is 4. The van der Waals surface area contributed by atoms with E-state index in [9.17, 15) is 0 Å². The van der Waals surface area contributed by atoms with Gasteiger partial charge in [0.15, 0.2) is 0 Å². The average molecular weight is 314 g/mol. The Morgan fingerprint density at radius 1 is 1.25 bits per heavy atom. The lowest BCUT2D eigenvalue weighted by molar-refractivity contribution is 0.335. The van der Waals surface area contributed by atoms with E-state index in [2.05, 4.69) is 24.0 Å². The first kappa shape index (κ1) is 15.3. The Bertz CT molecular complexity index is 584. The Balaban J connectivity index is 2.25. The van der Waals surface area contributed by atoms with Crippen molar-refractivity contribution in [2.45, 2.75) is 26.2 Å². The minimum Gasteiger partial charge on any atom is -0.339 e. The van der Waals surface area contributed by atoms with Gasteiger partial charge in [-0.25, -0.2) is 0 Å². The van der Waals surface area contributed by atoms with E-state index in [0.717, 1.165) is 12.0 Å². The third-order valence-corrected chi connectivity index (χ3v) is 3.75. The van der Waals surface area contributed by atoms with Crippen molar-refractivity contribution < 1.29 is 4.52 Å². The van der Waals surface area contributed by atoms with E-state index in [1.165, 1.54) is 0 Å². The topological polar surface area (TPSA) is 64.9 Å². The summed E-state index contributed by atoms with van der Waals surface area (Å²) in [5.74, 6) is 1.67. The van der Waals surface area contributed by atoms with Gasteiger partial charge in [0, 0.05) is 12.1 Å². The van der Waals surface area contributed by atoms with Gasteiger partial charge in [-0.05, 0) is 30.5 Å². The van der Waals surface area contributed by atoms with Crippen LogP contribution >= 0.6 is 23.2 Å². The number of halogens is 2. The van der Waals surface area contributed by atoms with Gasteiger partial charge in [-0.3, -0.25) is 0 Å². The molecule has 0 saturated carbocycles. The monoisotopic (exact) mass is 313 g/mol. The normalized spacial score (nSPS) is 12.9. The molecular weight excluding hydrogens is 297 g/mol. The standard InChI is InChI=1S/C14H17Cl2N3O/c1-8(2)5-10(7-17)14-18-13(19-20-14)9-3-4-11(15)12(16)6-9/h3-4,6,8,10H,5,7,17H2,1-2H3. The van der Waals surface area contributed by atoms with Gasteiger partial charge in [0.1, 0.15) is 0 Å². The van der Waals surface area contributed by atoms with E-state index in [-0.39, 0.29) is 5.92 Å². The molecule has 0 aliphatic heterocycles. The predicted molar refractivity (Wildman–Crippen MR) is 81.0 cm³/mol. The molecule has 20 heavy (non-hydrogen) atoms. The van der Waals surface area contributed by atoms with Crippen molar-refractivity contribution in [1.29, 1.82) is 0 Å². The third-order valence-electron chi connectivity index (χ3n) is 3.01. The van der Waals surface area contributed by atoms with Crippen LogP contribution in [-0.2, 0) is 0 Å². The van der Waals surface area contributed by atoms with Crippen LogP contribution in [0.5, 0.6) is 0 Å². The molecule has 2 N–H and O–H groups in total. The van der Waals surface area contributed by atoms with Crippen LogP contribution < -0.4 is 5.73 Å². The van der Waals surface area contributed by atoms with Crippen LogP contribution in [0.1, 0.15) is 32.1 Å². The van der Waals surface area contributed by atoms with Crippen LogP contribution in [0.3, 0.4) is 0 Å². The fraction of sp³-hybridized carbons (Fsp3) is 0.429. The molecule has 1 heterocycles. The van der Waals surface area contributed by atoms with Crippen molar-refractivity contribution in [1.82, 2.24) is 10.1 Å². The molecule has 0 saturated heterocycles. The minimum absolute atomic E-state index is 0.0824. The van der Waals surface area contributed by atoms with Gasteiger partial charge in [-0.15, -0.1) is 0 Å². The predicted octanol–water partition coefficient (Wildman–Crippen LogP) is 4.13. The maximum Gasteiger partial charge on any atom is 0.231 e. The Kier molecular flexibility index (Phi) is 5.02. The average Bonchev–Trinajstić information content (AvgIpc) is 2.88. The van der Waals surface area contributed by atoms with Crippen molar-refractivity contribution >= 4 is 23.2 Å². The SMILES string of the molecule is CC(C)CC(CN)c1nc(-c2ccc(Cl)c(Cl)c2)no1. The lowest BCUT2D eigenvalue weighted by Crippen LogP contribution is -2.15. The van der Waals surface area contributed by atoms with Gasteiger partial charge in [-0.2, -0.15) is 4.98 Å². The summed E-state index contributed by atoms with van der Waals surface area (Å²) in [5, 5.41) is 4.95. The Hall–Kier alpha value is -1.10. The molecule has 108 valence electrons. The molecule has 0 aliphatic carbocycles. The second-order valence-electron chi connectivity index (χ2n) is 5.15. The second kappa shape index (κ2) is 6.57. The zero-order valence-electron chi connectivity index (χ0n) is 11.4. The zero-order valence-corrected chi connectivity index (χ0v) is 12.9. The number of aromatic nitrogens is 2. The van der Waals surface area contributed by atoms with E-state index >= 15 is 0 Å². The first-order valence-electron chi connectivity index (χ1n) is 6.50. The van der Waals surface area contributed by atoms with E-state index < -0.39 is 0 Å². The molecule has 2 aromatic rings. The lowest BCUT2D eigenvalue weighted by Gasteiger charge is -2.11. The summed E-state index contributed by atoms with van der Waals surface area (Å²) < 4.78 is 5.33. The molecule has 1 atom stereocenters. The summed E-state index contributed by atoms with van der Waals surface area (Å²) in [5.41, 5.74) is 6.55. The molecule has 1 unspecified atom stereocenters. The smallest absolute Gasteiger partial charge is 0.231 e. The summed E-state index contributed by atoms with van der Waals surface area (Å²) >= 11 is 11.9. The van der Waals surface area contributed by atoms with Crippen LogP contribution in [0.25, 0.3) is 11.4 Å². The van der Waals surface area contributed by atoms with Gasteiger partial charge in [0.25, 0.3) is 0 Å². The summed E-state index contributed by atoms with van der Waals surface area (Å²) in [4.78, 5) is 4.42.